The first-order valence-electron chi connectivity index (χ1n) is 7.57. The number of phenols is 2. The van der Waals surface area contributed by atoms with Gasteiger partial charge in [-0.25, -0.2) is 4.79 Å². The van der Waals surface area contributed by atoms with Crippen molar-refractivity contribution in [2.24, 2.45) is 0 Å². The molecule has 8 heteroatoms. The van der Waals surface area contributed by atoms with Gasteiger partial charge in [0, 0.05) is 13.6 Å². The molecule has 0 spiro atoms. The van der Waals surface area contributed by atoms with Crippen LogP contribution < -0.4 is 0 Å². The normalized spacial score (nSPS) is 10.5. The lowest BCUT2D eigenvalue weighted by Gasteiger charge is -2.17. The summed E-state index contributed by atoms with van der Waals surface area (Å²) in [7, 11) is 1.55. The van der Waals surface area contributed by atoms with E-state index in [2.05, 4.69) is 0 Å². The number of benzene rings is 2. The quantitative estimate of drug-likeness (QED) is 0.595. The summed E-state index contributed by atoms with van der Waals surface area (Å²) < 4.78 is 4.92. The standard InChI is InChI=1S/C18H17Cl2NO5/c1-10-3-5-12(17(24)16(10)23)18(25)26-9-15(22)21(2)8-11-4-6-13(19)14(20)7-11/h3-7,23-24H,8-9H2,1-2H3. The van der Waals surface area contributed by atoms with Gasteiger partial charge in [-0.3, -0.25) is 4.79 Å². The van der Waals surface area contributed by atoms with E-state index in [-0.39, 0.29) is 12.1 Å². The highest BCUT2D eigenvalue weighted by atomic mass is 35.5. The number of carbonyl (C=O) groups excluding carboxylic acids is 2. The van der Waals surface area contributed by atoms with Crippen LogP contribution in [-0.4, -0.2) is 40.6 Å². The number of rotatable bonds is 5. The lowest BCUT2D eigenvalue weighted by Crippen LogP contribution is -2.30. The Balaban J connectivity index is 1.96. The highest BCUT2D eigenvalue weighted by Crippen LogP contribution is 2.32. The molecule has 138 valence electrons. The van der Waals surface area contributed by atoms with Gasteiger partial charge in [0.2, 0.25) is 0 Å². The summed E-state index contributed by atoms with van der Waals surface area (Å²) >= 11 is 11.8. The van der Waals surface area contributed by atoms with Crippen molar-refractivity contribution >= 4 is 35.1 Å². The fourth-order valence-electron chi connectivity index (χ4n) is 2.16. The summed E-state index contributed by atoms with van der Waals surface area (Å²) in [5, 5.41) is 20.2. The number of aromatic hydroxyl groups is 2. The molecule has 0 saturated carbocycles. The van der Waals surface area contributed by atoms with Gasteiger partial charge in [0.05, 0.1) is 10.0 Å². The molecule has 0 radical (unpaired) electrons. The molecule has 0 bridgehead atoms. The van der Waals surface area contributed by atoms with Crippen LogP contribution >= 0.6 is 23.2 Å². The van der Waals surface area contributed by atoms with Gasteiger partial charge in [-0.05, 0) is 36.2 Å². The molecule has 0 unspecified atom stereocenters. The third kappa shape index (κ3) is 4.59. The van der Waals surface area contributed by atoms with Crippen LogP contribution in [0.3, 0.4) is 0 Å². The van der Waals surface area contributed by atoms with Crippen molar-refractivity contribution in [1.82, 2.24) is 4.90 Å². The molecule has 0 fully saturated rings. The summed E-state index contributed by atoms with van der Waals surface area (Å²) in [6.07, 6.45) is 0. The minimum absolute atomic E-state index is 0.215. The molecule has 0 atom stereocenters. The lowest BCUT2D eigenvalue weighted by atomic mass is 10.1. The van der Waals surface area contributed by atoms with Crippen molar-refractivity contribution in [3.63, 3.8) is 0 Å². The van der Waals surface area contributed by atoms with Gasteiger partial charge < -0.3 is 19.8 Å². The van der Waals surface area contributed by atoms with E-state index in [0.717, 1.165) is 5.56 Å². The minimum atomic E-state index is -0.908. The maximum Gasteiger partial charge on any atom is 0.342 e. The topological polar surface area (TPSA) is 87.1 Å². The number of amides is 1. The van der Waals surface area contributed by atoms with E-state index in [9.17, 15) is 19.8 Å². The van der Waals surface area contributed by atoms with Crippen LogP contribution in [0.15, 0.2) is 30.3 Å². The average molecular weight is 398 g/mol. The van der Waals surface area contributed by atoms with Gasteiger partial charge in [0.15, 0.2) is 18.1 Å². The fraction of sp³-hybridized carbons (Fsp3) is 0.222. The molecule has 2 rings (SSSR count). The van der Waals surface area contributed by atoms with E-state index in [1.807, 2.05) is 0 Å². The molecular weight excluding hydrogens is 381 g/mol. The van der Waals surface area contributed by atoms with E-state index < -0.39 is 30.0 Å². The molecule has 1 amide bonds. The van der Waals surface area contributed by atoms with Gasteiger partial charge in [0.1, 0.15) is 5.56 Å². The van der Waals surface area contributed by atoms with E-state index in [0.29, 0.717) is 15.6 Å². The number of aryl methyl sites for hydroxylation is 1. The highest BCUT2D eigenvalue weighted by molar-refractivity contribution is 6.42. The van der Waals surface area contributed by atoms with Gasteiger partial charge >= 0.3 is 5.97 Å². The van der Waals surface area contributed by atoms with Gasteiger partial charge in [-0.1, -0.05) is 35.3 Å². The first kappa shape index (κ1) is 19.9. The third-order valence-corrected chi connectivity index (χ3v) is 4.47. The second kappa shape index (κ2) is 8.29. The maximum absolute atomic E-state index is 12.1. The van der Waals surface area contributed by atoms with Gasteiger partial charge in [-0.15, -0.1) is 0 Å². The van der Waals surface area contributed by atoms with E-state index in [4.69, 9.17) is 27.9 Å². The number of halogens is 2. The van der Waals surface area contributed by atoms with E-state index >= 15 is 0 Å². The van der Waals surface area contributed by atoms with Gasteiger partial charge in [-0.2, -0.15) is 0 Å². The molecule has 0 saturated heterocycles. The van der Waals surface area contributed by atoms with Crippen LogP contribution in [-0.2, 0) is 16.1 Å². The minimum Gasteiger partial charge on any atom is -0.504 e. The molecule has 0 heterocycles. The number of ether oxygens (including phenoxy) is 1. The molecule has 0 aliphatic carbocycles. The second-order valence-electron chi connectivity index (χ2n) is 5.70. The van der Waals surface area contributed by atoms with Crippen LogP contribution in [0.5, 0.6) is 11.5 Å². The number of hydrogen-bond donors (Lipinski definition) is 2. The maximum atomic E-state index is 12.1. The zero-order chi connectivity index (χ0) is 19.4. The van der Waals surface area contributed by atoms with Gasteiger partial charge in [0.25, 0.3) is 5.91 Å². The Hall–Kier alpha value is -2.44. The lowest BCUT2D eigenvalue weighted by molar-refractivity contribution is -0.133. The second-order valence-corrected chi connectivity index (χ2v) is 6.52. The van der Waals surface area contributed by atoms with Crippen molar-refractivity contribution in [2.45, 2.75) is 13.5 Å². The van der Waals surface area contributed by atoms with Crippen LogP contribution in [0.2, 0.25) is 10.0 Å². The zero-order valence-electron chi connectivity index (χ0n) is 14.1. The van der Waals surface area contributed by atoms with Crippen LogP contribution in [0.25, 0.3) is 0 Å². The van der Waals surface area contributed by atoms with E-state index in [1.54, 1.807) is 32.2 Å². The summed E-state index contributed by atoms with van der Waals surface area (Å²) in [4.78, 5) is 25.5. The third-order valence-electron chi connectivity index (χ3n) is 3.73. The van der Waals surface area contributed by atoms with Crippen molar-refractivity contribution in [3.8, 4) is 11.5 Å². The number of phenolic OH excluding ortho intramolecular Hbond substituents is 2. The summed E-state index contributed by atoms with van der Waals surface area (Å²) in [6, 6.07) is 7.79. The SMILES string of the molecule is Cc1ccc(C(=O)OCC(=O)N(C)Cc2ccc(Cl)c(Cl)c2)c(O)c1O. The Bertz CT molecular complexity index is 854. The Morgan fingerprint density at radius 1 is 1.08 bits per heavy atom. The molecule has 2 N–H and O–H groups in total. The summed E-state index contributed by atoms with van der Waals surface area (Å²) in [5.41, 5.74) is 0.965. The fourth-order valence-corrected chi connectivity index (χ4v) is 2.48. The zero-order valence-corrected chi connectivity index (χ0v) is 15.6. The summed E-state index contributed by atoms with van der Waals surface area (Å²) in [5.74, 6) is -2.33. The Kier molecular flexibility index (Phi) is 6.34. The average Bonchev–Trinajstić information content (AvgIpc) is 2.60. The number of hydrogen-bond acceptors (Lipinski definition) is 5. The van der Waals surface area contributed by atoms with E-state index in [1.165, 1.54) is 17.0 Å². The van der Waals surface area contributed by atoms with Crippen molar-refractivity contribution in [2.75, 3.05) is 13.7 Å². The molecule has 6 nitrogen and oxygen atoms in total. The number of likely N-dealkylation sites (N-methyl/N-ethyl adjacent to an activating group) is 1. The van der Waals surface area contributed by atoms with Crippen LogP contribution in [0.4, 0.5) is 0 Å². The highest BCUT2D eigenvalue weighted by Gasteiger charge is 2.19. The smallest absolute Gasteiger partial charge is 0.342 e. The van der Waals surface area contributed by atoms with Crippen molar-refractivity contribution < 1.29 is 24.5 Å². The molecule has 0 aromatic heterocycles. The van der Waals surface area contributed by atoms with Crippen molar-refractivity contribution in [3.05, 3.63) is 57.1 Å². The Labute approximate surface area is 160 Å². The number of carbonyl (C=O) groups is 2. The van der Waals surface area contributed by atoms with Crippen LogP contribution in [0.1, 0.15) is 21.5 Å². The number of nitrogens with zero attached hydrogens (tertiary/aromatic N) is 1. The molecule has 2 aromatic rings. The molecular formula is C18H17Cl2NO5. The molecule has 2 aromatic carbocycles. The largest absolute Gasteiger partial charge is 0.504 e. The number of esters is 1. The predicted octanol–water partition coefficient (Wildman–Crippen LogP) is 3.53. The first-order valence-corrected chi connectivity index (χ1v) is 8.33. The first-order chi connectivity index (χ1) is 12.2. The monoisotopic (exact) mass is 397 g/mol. The van der Waals surface area contributed by atoms with Crippen LogP contribution in [0, 0.1) is 6.92 Å². The molecule has 26 heavy (non-hydrogen) atoms. The summed E-state index contributed by atoms with van der Waals surface area (Å²) in [6.45, 7) is 1.32. The molecule has 0 aliphatic rings. The predicted molar refractivity (Wildman–Crippen MR) is 97.7 cm³/mol. The molecule has 0 aliphatic heterocycles. The Morgan fingerprint density at radius 2 is 1.77 bits per heavy atom. The Morgan fingerprint density at radius 3 is 2.42 bits per heavy atom. The van der Waals surface area contributed by atoms with Crippen molar-refractivity contribution in [1.29, 1.82) is 0 Å².